The molecule has 5 heteroatoms. The van der Waals surface area contributed by atoms with Crippen LogP contribution in [0.3, 0.4) is 0 Å². The van der Waals surface area contributed by atoms with E-state index in [1.54, 1.807) is 12.1 Å². The van der Waals surface area contributed by atoms with Crippen LogP contribution in [-0.4, -0.2) is 10.9 Å². The Kier molecular flexibility index (Phi) is 5.09. The van der Waals surface area contributed by atoms with E-state index in [0.717, 1.165) is 10.0 Å². The van der Waals surface area contributed by atoms with Gasteiger partial charge < -0.3 is 11.1 Å². The van der Waals surface area contributed by atoms with Crippen molar-refractivity contribution in [1.29, 1.82) is 0 Å². The first kappa shape index (κ1) is 15.7. The van der Waals surface area contributed by atoms with Crippen LogP contribution in [0.2, 0.25) is 0 Å². The second-order valence-electron chi connectivity index (χ2n) is 4.68. The van der Waals surface area contributed by atoms with E-state index in [4.69, 9.17) is 18.0 Å². The summed E-state index contributed by atoms with van der Waals surface area (Å²) in [5, 5.41) is 2.89. The molecule has 0 radical (unpaired) electrons. The van der Waals surface area contributed by atoms with Gasteiger partial charge in [0, 0.05) is 10.0 Å². The molecule has 0 saturated carbocycles. The first-order valence-corrected chi connectivity index (χ1v) is 7.64. The highest BCUT2D eigenvalue weighted by molar-refractivity contribution is 9.10. The number of amides is 1. The van der Waals surface area contributed by atoms with Gasteiger partial charge in [0.15, 0.2) is 0 Å². The zero-order valence-electron chi connectivity index (χ0n) is 11.5. The van der Waals surface area contributed by atoms with Crippen molar-refractivity contribution in [3.8, 4) is 0 Å². The maximum absolute atomic E-state index is 12.4. The third kappa shape index (κ3) is 3.89. The quantitative estimate of drug-likeness (QED) is 0.812. The molecular weight excluding hydrogens is 348 g/mol. The van der Waals surface area contributed by atoms with Crippen LogP contribution >= 0.6 is 28.1 Å². The zero-order chi connectivity index (χ0) is 15.4. The van der Waals surface area contributed by atoms with Crippen LogP contribution in [0.25, 0.3) is 0 Å². The van der Waals surface area contributed by atoms with Crippen LogP contribution in [0.1, 0.15) is 24.0 Å². The highest BCUT2D eigenvalue weighted by Gasteiger charge is 2.17. The Balaban J connectivity index is 2.24. The van der Waals surface area contributed by atoms with Crippen LogP contribution < -0.4 is 11.1 Å². The summed E-state index contributed by atoms with van der Waals surface area (Å²) in [7, 11) is 0. The molecule has 2 aromatic rings. The molecule has 0 spiro atoms. The molecule has 2 aromatic carbocycles. The molecule has 1 amide bonds. The second kappa shape index (κ2) is 6.83. The number of hydrogen-bond donors (Lipinski definition) is 2. The molecule has 0 fully saturated rings. The molecule has 0 aliphatic rings. The van der Waals surface area contributed by atoms with Crippen molar-refractivity contribution < 1.29 is 4.79 Å². The predicted molar refractivity (Wildman–Crippen MR) is 93.5 cm³/mol. The third-order valence-corrected chi connectivity index (χ3v) is 3.91. The third-order valence-electron chi connectivity index (χ3n) is 3.20. The summed E-state index contributed by atoms with van der Waals surface area (Å²) in [6.45, 7) is 1.86. The molecule has 2 rings (SSSR count). The van der Waals surface area contributed by atoms with Gasteiger partial charge in [0.05, 0.1) is 11.6 Å². The van der Waals surface area contributed by atoms with Gasteiger partial charge >= 0.3 is 0 Å². The number of carbonyl (C=O) groups is 1. The molecule has 3 N–H and O–H groups in total. The van der Waals surface area contributed by atoms with Crippen molar-refractivity contribution in [3.63, 3.8) is 0 Å². The first-order chi connectivity index (χ1) is 9.99. The van der Waals surface area contributed by atoms with E-state index in [0.29, 0.717) is 11.3 Å². The smallest absolute Gasteiger partial charge is 0.231 e. The molecular formula is C16H15BrN2OS. The van der Waals surface area contributed by atoms with Crippen molar-refractivity contribution in [3.05, 3.63) is 64.1 Å². The molecule has 21 heavy (non-hydrogen) atoms. The SMILES string of the molecule is CC(C(=O)Nc1cc(Br)ccc1C(N)=S)c1ccccc1. The minimum absolute atomic E-state index is 0.100. The molecule has 3 nitrogen and oxygen atoms in total. The van der Waals surface area contributed by atoms with Gasteiger partial charge in [-0.2, -0.15) is 0 Å². The number of carbonyl (C=O) groups excluding carboxylic acids is 1. The van der Waals surface area contributed by atoms with Crippen LogP contribution in [0.15, 0.2) is 53.0 Å². The lowest BCUT2D eigenvalue weighted by Crippen LogP contribution is -2.21. The molecule has 1 unspecified atom stereocenters. The van der Waals surface area contributed by atoms with E-state index < -0.39 is 0 Å². The van der Waals surface area contributed by atoms with Gasteiger partial charge in [0.1, 0.15) is 4.99 Å². The molecule has 0 heterocycles. The van der Waals surface area contributed by atoms with Gasteiger partial charge in [-0.15, -0.1) is 0 Å². The summed E-state index contributed by atoms with van der Waals surface area (Å²) in [6.07, 6.45) is 0. The Morgan fingerprint density at radius 3 is 2.52 bits per heavy atom. The normalized spacial score (nSPS) is 11.7. The number of hydrogen-bond acceptors (Lipinski definition) is 2. The molecule has 0 saturated heterocycles. The number of benzene rings is 2. The number of nitrogens with two attached hydrogens (primary N) is 1. The second-order valence-corrected chi connectivity index (χ2v) is 6.03. The Morgan fingerprint density at radius 2 is 1.90 bits per heavy atom. The van der Waals surface area contributed by atoms with Gasteiger partial charge in [0.25, 0.3) is 0 Å². The molecule has 108 valence electrons. The van der Waals surface area contributed by atoms with E-state index in [9.17, 15) is 4.79 Å². The van der Waals surface area contributed by atoms with Crippen LogP contribution in [0.5, 0.6) is 0 Å². The summed E-state index contributed by atoms with van der Waals surface area (Å²) >= 11 is 8.40. The largest absolute Gasteiger partial charge is 0.389 e. The molecule has 1 atom stereocenters. The van der Waals surface area contributed by atoms with Crippen LogP contribution in [-0.2, 0) is 4.79 Å². The molecule has 0 aliphatic carbocycles. The fourth-order valence-corrected chi connectivity index (χ4v) is 2.51. The van der Waals surface area contributed by atoms with Gasteiger partial charge in [-0.25, -0.2) is 0 Å². The Bertz CT molecular complexity index is 673. The van der Waals surface area contributed by atoms with Crippen molar-refractivity contribution >= 4 is 44.7 Å². The van der Waals surface area contributed by atoms with Gasteiger partial charge in [-0.1, -0.05) is 58.5 Å². The lowest BCUT2D eigenvalue weighted by molar-refractivity contribution is -0.117. The maximum atomic E-state index is 12.4. The summed E-state index contributed by atoms with van der Waals surface area (Å²) in [4.78, 5) is 12.6. The number of halogens is 1. The lowest BCUT2D eigenvalue weighted by Gasteiger charge is -2.15. The lowest BCUT2D eigenvalue weighted by atomic mass is 10.0. The Labute approximate surface area is 137 Å². The fourth-order valence-electron chi connectivity index (χ4n) is 1.97. The maximum Gasteiger partial charge on any atom is 0.231 e. The van der Waals surface area contributed by atoms with Crippen molar-refractivity contribution in [2.75, 3.05) is 5.32 Å². The number of rotatable bonds is 4. The monoisotopic (exact) mass is 362 g/mol. The number of nitrogens with one attached hydrogen (secondary N) is 1. The van der Waals surface area contributed by atoms with E-state index in [-0.39, 0.29) is 16.8 Å². The molecule has 0 aromatic heterocycles. The predicted octanol–water partition coefficient (Wildman–Crippen LogP) is 3.83. The summed E-state index contributed by atoms with van der Waals surface area (Å²) in [5.74, 6) is -0.360. The summed E-state index contributed by atoms with van der Waals surface area (Å²) < 4.78 is 0.852. The standard InChI is InChI=1S/C16H15BrN2OS/c1-10(11-5-3-2-4-6-11)16(20)19-14-9-12(17)7-8-13(14)15(18)21/h2-10H,1H3,(H2,18,21)(H,19,20). The van der Waals surface area contributed by atoms with E-state index in [1.807, 2.05) is 43.3 Å². The van der Waals surface area contributed by atoms with Crippen LogP contribution in [0, 0.1) is 0 Å². The van der Waals surface area contributed by atoms with E-state index in [2.05, 4.69) is 21.2 Å². The van der Waals surface area contributed by atoms with Crippen molar-refractivity contribution in [2.24, 2.45) is 5.73 Å². The number of thiocarbonyl (C=S) groups is 1. The summed E-state index contributed by atoms with van der Waals surface area (Å²) in [6, 6.07) is 15.0. The average Bonchev–Trinajstić information content (AvgIpc) is 2.47. The van der Waals surface area contributed by atoms with Crippen LogP contribution in [0.4, 0.5) is 5.69 Å². The first-order valence-electron chi connectivity index (χ1n) is 6.44. The van der Waals surface area contributed by atoms with Crippen molar-refractivity contribution in [2.45, 2.75) is 12.8 Å². The average molecular weight is 363 g/mol. The fraction of sp³-hybridized carbons (Fsp3) is 0.125. The molecule has 0 bridgehead atoms. The van der Waals surface area contributed by atoms with E-state index >= 15 is 0 Å². The van der Waals surface area contributed by atoms with Gasteiger partial charge in [-0.3, -0.25) is 4.79 Å². The highest BCUT2D eigenvalue weighted by Crippen LogP contribution is 2.24. The van der Waals surface area contributed by atoms with Gasteiger partial charge in [0.2, 0.25) is 5.91 Å². The zero-order valence-corrected chi connectivity index (χ0v) is 13.9. The number of anilines is 1. The summed E-state index contributed by atoms with van der Waals surface area (Å²) in [5.41, 5.74) is 7.92. The van der Waals surface area contributed by atoms with Gasteiger partial charge in [-0.05, 0) is 30.7 Å². The minimum atomic E-state index is -0.260. The minimum Gasteiger partial charge on any atom is -0.389 e. The molecule has 0 aliphatic heterocycles. The Morgan fingerprint density at radius 1 is 1.24 bits per heavy atom. The van der Waals surface area contributed by atoms with E-state index in [1.165, 1.54) is 0 Å². The Hall–Kier alpha value is -1.72. The van der Waals surface area contributed by atoms with Crippen molar-refractivity contribution in [1.82, 2.24) is 0 Å². The highest BCUT2D eigenvalue weighted by atomic mass is 79.9. The topological polar surface area (TPSA) is 55.1 Å².